The summed E-state index contributed by atoms with van der Waals surface area (Å²) in [6.07, 6.45) is 5.69. The highest BCUT2D eigenvalue weighted by Gasteiger charge is 2.45. The van der Waals surface area contributed by atoms with Crippen molar-refractivity contribution in [3.05, 3.63) is 36.7 Å². The van der Waals surface area contributed by atoms with Gasteiger partial charge in [-0.15, -0.1) is 0 Å². The fourth-order valence-electron chi connectivity index (χ4n) is 3.29. The number of carbonyl (C=O) groups is 1. The van der Waals surface area contributed by atoms with Gasteiger partial charge >= 0.3 is 6.09 Å². The molecule has 2 saturated heterocycles. The van der Waals surface area contributed by atoms with Gasteiger partial charge in [0.25, 0.3) is 0 Å². The SMILES string of the molecule is O=C(OCNc1cccc2cnccc12)N1CC2CC1C2. The molecule has 21 heavy (non-hydrogen) atoms. The highest BCUT2D eigenvalue weighted by Crippen LogP contribution is 2.40. The van der Waals surface area contributed by atoms with Gasteiger partial charge in [0.15, 0.2) is 6.73 Å². The smallest absolute Gasteiger partial charge is 0.411 e. The number of fused-ring (bicyclic) bond motifs is 2. The number of benzene rings is 1. The Morgan fingerprint density at radius 3 is 3.10 bits per heavy atom. The number of hydrogen-bond donors (Lipinski definition) is 1. The van der Waals surface area contributed by atoms with E-state index in [-0.39, 0.29) is 12.8 Å². The molecule has 1 saturated carbocycles. The predicted octanol–water partition coefficient (Wildman–Crippen LogP) is 2.84. The van der Waals surface area contributed by atoms with Crippen molar-refractivity contribution in [1.29, 1.82) is 0 Å². The molecule has 1 aromatic carbocycles. The lowest BCUT2D eigenvalue weighted by Gasteiger charge is -2.25. The van der Waals surface area contributed by atoms with Crippen LogP contribution in [0.5, 0.6) is 0 Å². The zero-order chi connectivity index (χ0) is 14.2. The van der Waals surface area contributed by atoms with Crippen LogP contribution in [-0.4, -0.2) is 35.3 Å². The van der Waals surface area contributed by atoms with Crippen molar-refractivity contribution in [2.75, 3.05) is 18.6 Å². The Bertz CT molecular complexity index is 677. The average molecular weight is 283 g/mol. The van der Waals surface area contributed by atoms with Crippen molar-refractivity contribution in [3.8, 4) is 0 Å². The van der Waals surface area contributed by atoms with Gasteiger partial charge in [0, 0.05) is 41.4 Å². The molecule has 5 heteroatoms. The van der Waals surface area contributed by atoms with Gasteiger partial charge in [-0.3, -0.25) is 4.98 Å². The minimum Gasteiger partial charge on any atom is -0.428 e. The molecule has 1 N–H and O–H groups in total. The van der Waals surface area contributed by atoms with Crippen LogP contribution in [0.25, 0.3) is 10.8 Å². The van der Waals surface area contributed by atoms with Crippen molar-refractivity contribution in [1.82, 2.24) is 9.88 Å². The van der Waals surface area contributed by atoms with Crippen molar-refractivity contribution in [2.45, 2.75) is 18.9 Å². The van der Waals surface area contributed by atoms with Crippen molar-refractivity contribution in [2.24, 2.45) is 5.92 Å². The minimum atomic E-state index is -0.200. The van der Waals surface area contributed by atoms with E-state index in [1.54, 1.807) is 6.20 Å². The van der Waals surface area contributed by atoms with Crippen LogP contribution in [0.15, 0.2) is 36.7 Å². The van der Waals surface area contributed by atoms with E-state index < -0.39 is 0 Å². The van der Waals surface area contributed by atoms with Crippen molar-refractivity contribution in [3.63, 3.8) is 0 Å². The first-order chi connectivity index (χ1) is 10.3. The van der Waals surface area contributed by atoms with Gasteiger partial charge in [0.1, 0.15) is 0 Å². The van der Waals surface area contributed by atoms with Crippen molar-refractivity contribution >= 4 is 22.6 Å². The fraction of sp³-hybridized carbons (Fsp3) is 0.375. The lowest BCUT2D eigenvalue weighted by molar-refractivity contribution is 0.107. The van der Waals surface area contributed by atoms with Crippen LogP contribution in [0, 0.1) is 5.92 Å². The molecule has 0 atom stereocenters. The molecule has 0 spiro atoms. The van der Waals surface area contributed by atoms with Crippen LogP contribution >= 0.6 is 0 Å². The minimum absolute atomic E-state index is 0.189. The third kappa shape index (κ3) is 2.18. The molecule has 1 amide bonds. The number of nitrogens with one attached hydrogen (secondary N) is 1. The summed E-state index contributed by atoms with van der Waals surface area (Å²) in [6.45, 7) is 1.05. The van der Waals surface area contributed by atoms with Gasteiger partial charge in [-0.05, 0) is 30.9 Å². The van der Waals surface area contributed by atoms with Crippen LogP contribution < -0.4 is 5.32 Å². The molecule has 2 aliphatic heterocycles. The van der Waals surface area contributed by atoms with Gasteiger partial charge in [-0.1, -0.05) is 12.1 Å². The number of pyridine rings is 1. The second-order valence-electron chi connectivity index (χ2n) is 5.78. The summed E-state index contributed by atoms with van der Waals surface area (Å²) in [7, 11) is 0. The summed E-state index contributed by atoms with van der Waals surface area (Å²) < 4.78 is 5.34. The van der Waals surface area contributed by atoms with E-state index in [9.17, 15) is 4.79 Å². The number of anilines is 1. The molecule has 0 unspecified atom stereocenters. The number of amides is 1. The number of nitrogens with zero attached hydrogens (tertiary/aromatic N) is 2. The molecule has 5 rings (SSSR count). The monoisotopic (exact) mass is 283 g/mol. The van der Waals surface area contributed by atoms with Crippen LogP contribution in [-0.2, 0) is 4.74 Å². The Morgan fingerprint density at radius 1 is 1.38 bits per heavy atom. The van der Waals surface area contributed by atoms with E-state index >= 15 is 0 Å². The summed E-state index contributed by atoms with van der Waals surface area (Å²) in [4.78, 5) is 18.0. The molecular weight excluding hydrogens is 266 g/mol. The standard InChI is InChI=1S/C16H17N3O2/c20-16(19-9-11-6-13(19)7-11)21-10-18-15-3-1-2-12-8-17-5-4-14(12)15/h1-5,8,11,13,18H,6-7,9-10H2. The molecule has 5 nitrogen and oxygen atoms in total. The van der Waals surface area contributed by atoms with Gasteiger partial charge in [-0.25, -0.2) is 4.79 Å². The lowest BCUT2D eigenvalue weighted by Crippen LogP contribution is -2.35. The van der Waals surface area contributed by atoms with Gasteiger partial charge in [0.05, 0.1) is 0 Å². The first-order valence-corrected chi connectivity index (χ1v) is 7.31. The predicted molar refractivity (Wildman–Crippen MR) is 79.9 cm³/mol. The second-order valence-corrected chi connectivity index (χ2v) is 5.78. The molecular formula is C16H17N3O2. The van der Waals surface area contributed by atoms with E-state index in [4.69, 9.17) is 4.74 Å². The second kappa shape index (κ2) is 4.91. The van der Waals surface area contributed by atoms with Gasteiger partial charge in [-0.2, -0.15) is 0 Å². The number of hydrogen-bond acceptors (Lipinski definition) is 4. The van der Waals surface area contributed by atoms with E-state index in [1.165, 1.54) is 0 Å². The summed E-state index contributed by atoms with van der Waals surface area (Å²) in [5, 5.41) is 5.31. The summed E-state index contributed by atoms with van der Waals surface area (Å²) in [6, 6.07) is 8.32. The number of carbonyl (C=O) groups excluding carboxylic acids is 1. The Morgan fingerprint density at radius 2 is 2.29 bits per heavy atom. The Balaban J connectivity index is 1.39. The highest BCUT2D eigenvalue weighted by molar-refractivity contribution is 5.93. The zero-order valence-electron chi connectivity index (χ0n) is 11.7. The Hall–Kier alpha value is -2.30. The third-order valence-corrected chi connectivity index (χ3v) is 4.48. The molecule has 3 heterocycles. The van der Waals surface area contributed by atoms with E-state index in [2.05, 4.69) is 10.3 Å². The van der Waals surface area contributed by atoms with Crippen LogP contribution in [0.2, 0.25) is 0 Å². The molecule has 2 aromatic rings. The van der Waals surface area contributed by atoms with Gasteiger partial charge in [0.2, 0.25) is 0 Å². The Kier molecular flexibility index (Phi) is 2.91. The first-order valence-electron chi connectivity index (χ1n) is 7.31. The van der Waals surface area contributed by atoms with Crippen LogP contribution in [0.1, 0.15) is 12.8 Å². The highest BCUT2D eigenvalue weighted by atomic mass is 16.6. The first kappa shape index (κ1) is 12.4. The zero-order valence-corrected chi connectivity index (χ0v) is 11.7. The van der Waals surface area contributed by atoms with E-state index in [0.717, 1.165) is 35.8 Å². The lowest BCUT2D eigenvalue weighted by atomic mass is 9.86. The number of ether oxygens (including phenoxy) is 1. The largest absolute Gasteiger partial charge is 0.428 e. The van der Waals surface area contributed by atoms with Crippen molar-refractivity contribution < 1.29 is 9.53 Å². The maximum absolute atomic E-state index is 12.0. The maximum Gasteiger partial charge on any atom is 0.411 e. The third-order valence-electron chi connectivity index (χ3n) is 4.48. The molecule has 3 aliphatic rings. The quantitative estimate of drug-likeness (QED) is 0.880. The fourth-order valence-corrected chi connectivity index (χ4v) is 3.29. The van der Waals surface area contributed by atoms with Gasteiger partial charge < -0.3 is 15.0 Å². The molecule has 3 fully saturated rings. The average Bonchev–Trinajstić information content (AvgIpc) is 3.07. The van der Waals surface area contributed by atoms with Crippen LogP contribution in [0.4, 0.5) is 10.5 Å². The number of aromatic nitrogens is 1. The normalized spacial score (nSPS) is 23.0. The maximum atomic E-state index is 12.0. The number of rotatable bonds is 3. The summed E-state index contributed by atoms with van der Waals surface area (Å²) >= 11 is 0. The molecule has 1 aromatic heterocycles. The summed E-state index contributed by atoms with van der Waals surface area (Å²) in [5.74, 6) is 0.709. The molecule has 0 radical (unpaired) electrons. The van der Waals surface area contributed by atoms with E-state index in [1.807, 2.05) is 35.4 Å². The van der Waals surface area contributed by atoms with Crippen LogP contribution in [0.3, 0.4) is 0 Å². The summed E-state index contributed by atoms with van der Waals surface area (Å²) in [5.41, 5.74) is 0.952. The Labute approximate surface area is 122 Å². The topological polar surface area (TPSA) is 54.5 Å². The molecule has 2 bridgehead atoms. The molecule has 1 aliphatic carbocycles. The van der Waals surface area contributed by atoms with E-state index in [0.29, 0.717) is 12.0 Å². The molecule has 108 valence electrons.